The second-order valence-corrected chi connectivity index (χ2v) is 5.44. The molecule has 0 atom stereocenters. The van der Waals surface area contributed by atoms with Crippen molar-refractivity contribution >= 4 is 17.6 Å². The van der Waals surface area contributed by atoms with Gasteiger partial charge in [-0.25, -0.2) is 0 Å². The number of phenolic OH excluding ortho intramolecular Hbond substituents is 1. The first-order valence-electron chi connectivity index (χ1n) is 7.74. The molecular formula is C19H24N2O. The molecule has 22 heavy (non-hydrogen) atoms. The third-order valence-corrected chi connectivity index (χ3v) is 3.99. The standard InChI is InChI=1S/C19H24N2O/c1-5-21(6-2)18-10-8-16(19(22)12-18)13-20-17-9-7-14(3)15(4)11-17/h7-13,22H,5-6H2,1-4H3. The number of benzene rings is 2. The molecule has 0 aliphatic carbocycles. The number of anilines is 1. The molecule has 0 spiro atoms. The van der Waals surface area contributed by atoms with Crippen molar-refractivity contribution < 1.29 is 5.11 Å². The second kappa shape index (κ2) is 7.12. The number of aryl methyl sites for hydroxylation is 2. The molecule has 0 unspecified atom stereocenters. The first-order valence-corrected chi connectivity index (χ1v) is 7.74. The second-order valence-electron chi connectivity index (χ2n) is 5.44. The van der Waals surface area contributed by atoms with Crippen molar-refractivity contribution in [3.05, 3.63) is 53.1 Å². The van der Waals surface area contributed by atoms with Crippen LogP contribution in [0.4, 0.5) is 11.4 Å². The fraction of sp³-hybridized carbons (Fsp3) is 0.316. The van der Waals surface area contributed by atoms with E-state index in [1.54, 1.807) is 12.3 Å². The molecule has 0 aromatic heterocycles. The minimum absolute atomic E-state index is 0.261. The number of nitrogens with zero attached hydrogens (tertiary/aromatic N) is 2. The van der Waals surface area contributed by atoms with Crippen LogP contribution in [0.5, 0.6) is 5.75 Å². The Bertz CT molecular complexity index is 673. The van der Waals surface area contributed by atoms with Gasteiger partial charge in [-0.15, -0.1) is 0 Å². The van der Waals surface area contributed by atoms with E-state index in [0.717, 1.165) is 30.0 Å². The van der Waals surface area contributed by atoms with Crippen LogP contribution in [0.2, 0.25) is 0 Å². The fourth-order valence-corrected chi connectivity index (χ4v) is 2.38. The maximum atomic E-state index is 10.2. The molecular weight excluding hydrogens is 272 g/mol. The summed E-state index contributed by atoms with van der Waals surface area (Å²) in [6, 6.07) is 11.8. The highest BCUT2D eigenvalue weighted by Crippen LogP contribution is 2.24. The van der Waals surface area contributed by atoms with Gasteiger partial charge >= 0.3 is 0 Å². The molecule has 0 amide bonds. The molecule has 2 aromatic carbocycles. The monoisotopic (exact) mass is 296 g/mol. The van der Waals surface area contributed by atoms with Gasteiger partial charge in [0.1, 0.15) is 5.75 Å². The van der Waals surface area contributed by atoms with Crippen LogP contribution in [0.3, 0.4) is 0 Å². The zero-order valence-corrected chi connectivity index (χ0v) is 13.8. The Hall–Kier alpha value is -2.29. The van der Waals surface area contributed by atoms with Crippen LogP contribution in [0.1, 0.15) is 30.5 Å². The molecule has 3 nitrogen and oxygen atoms in total. The Morgan fingerprint density at radius 1 is 1.00 bits per heavy atom. The van der Waals surface area contributed by atoms with Gasteiger partial charge in [-0.2, -0.15) is 0 Å². The average Bonchev–Trinajstić information content (AvgIpc) is 2.51. The zero-order chi connectivity index (χ0) is 16.1. The van der Waals surface area contributed by atoms with Gasteiger partial charge in [0, 0.05) is 36.6 Å². The van der Waals surface area contributed by atoms with Crippen LogP contribution in [0.25, 0.3) is 0 Å². The van der Waals surface area contributed by atoms with E-state index in [1.165, 1.54) is 11.1 Å². The molecule has 1 N–H and O–H groups in total. The highest BCUT2D eigenvalue weighted by Gasteiger charge is 2.05. The van der Waals surface area contributed by atoms with Crippen LogP contribution < -0.4 is 4.90 Å². The Morgan fingerprint density at radius 2 is 1.73 bits per heavy atom. The molecule has 0 bridgehead atoms. The Kier molecular flexibility index (Phi) is 5.21. The van der Waals surface area contributed by atoms with Crippen molar-refractivity contribution in [3.63, 3.8) is 0 Å². The lowest BCUT2D eigenvalue weighted by Gasteiger charge is -2.21. The van der Waals surface area contributed by atoms with Gasteiger partial charge in [0.25, 0.3) is 0 Å². The molecule has 0 heterocycles. The quantitative estimate of drug-likeness (QED) is 0.818. The maximum absolute atomic E-state index is 10.2. The molecule has 0 saturated heterocycles. The molecule has 0 saturated carbocycles. The van der Waals surface area contributed by atoms with Crippen molar-refractivity contribution in [2.45, 2.75) is 27.7 Å². The van der Waals surface area contributed by atoms with E-state index in [1.807, 2.05) is 24.3 Å². The van der Waals surface area contributed by atoms with Gasteiger partial charge in [-0.3, -0.25) is 4.99 Å². The minimum Gasteiger partial charge on any atom is -0.507 e. The number of aromatic hydroxyl groups is 1. The predicted octanol–water partition coefficient (Wildman–Crippen LogP) is 4.61. The number of hydrogen-bond acceptors (Lipinski definition) is 3. The fourth-order valence-electron chi connectivity index (χ4n) is 2.38. The summed E-state index contributed by atoms with van der Waals surface area (Å²) in [6.45, 7) is 10.2. The Labute approximate surface area is 132 Å². The van der Waals surface area contributed by atoms with Crippen LogP contribution >= 0.6 is 0 Å². The normalized spacial score (nSPS) is 11.1. The molecule has 2 rings (SSSR count). The summed E-state index contributed by atoms with van der Waals surface area (Å²) in [6.07, 6.45) is 1.71. The molecule has 116 valence electrons. The molecule has 0 radical (unpaired) electrons. The first-order chi connectivity index (χ1) is 10.5. The predicted molar refractivity (Wildman–Crippen MR) is 94.8 cm³/mol. The molecule has 2 aromatic rings. The molecule has 0 aliphatic heterocycles. The third-order valence-electron chi connectivity index (χ3n) is 3.99. The molecule has 0 fully saturated rings. The summed E-state index contributed by atoms with van der Waals surface area (Å²) >= 11 is 0. The minimum atomic E-state index is 0.261. The average molecular weight is 296 g/mol. The zero-order valence-electron chi connectivity index (χ0n) is 13.8. The van der Waals surface area contributed by atoms with Crippen LogP contribution in [0.15, 0.2) is 41.4 Å². The van der Waals surface area contributed by atoms with Crippen molar-refractivity contribution in [2.75, 3.05) is 18.0 Å². The van der Waals surface area contributed by atoms with Gasteiger partial charge in [-0.05, 0) is 63.1 Å². The van der Waals surface area contributed by atoms with Crippen LogP contribution in [-0.4, -0.2) is 24.4 Å². The van der Waals surface area contributed by atoms with Crippen molar-refractivity contribution in [2.24, 2.45) is 4.99 Å². The van der Waals surface area contributed by atoms with Crippen molar-refractivity contribution in [1.29, 1.82) is 0 Å². The highest BCUT2D eigenvalue weighted by atomic mass is 16.3. The lowest BCUT2D eigenvalue weighted by atomic mass is 10.1. The van der Waals surface area contributed by atoms with Gasteiger partial charge in [0.05, 0.1) is 5.69 Å². The van der Waals surface area contributed by atoms with Crippen molar-refractivity contribution in [1.82, 2.24) is 0 Å². The van der Waals surface area contributed by atoms with E-state index in [0.29, 0.717) is 0 Å². The summed E-state index contributed by atoms with van der Waals surface area (Å²) in [5.41, 5.74) is 5.14. The maximum Gasteiger partial charge on any atom is 0.126 e. The topological polar surface area (TPSA) is 35.8 Å². The van der Waals surface area contributed by atoms with E-state index in [-0.39, 0.29) is 5.75 Å². The number of phenols is 1. The molecule has 0 aliphatic rings. The number of hydrogen-bond donors (Lipinski definition) is 1. The first kappa shape index (κ1) is 16.1. The number of aliphatic imine (C=N–C) groups is 1. The van der Waals surface area contributed by atoms with Crippen molar-refractivity contribution in [3.8, 4) is 5.75 Å². The summed E-state index contributed by atoms with van der Waals surface area (Å²) < 4.78 is 0. The van der Waals surface area contributed by atoms with Gasteiger partial charge < -0.3 is 10.0 Å². The smallest absolute Gasteiger partial charge is 0.126 e. The van der Waals surface area contributed by atoms with Gasteiger partial charge in [0.15, 0.2) is 0 Å². The van der Waals surface area contributed by atoms with Gasteiger partial charge in [-0.1, -0.05) is 6.07 Å². The number of rotatable bonds is 5. The van der Waals surface area contributed by atoms with Crippen LogP contribution in [0, 0.1) is 13.8 Å². The summed E-state index contributed by atoms with van der Waals surface area (Å²) in [5, 5.41) is 10.2. The summed E-state index contributed by atoms with van der Waals surface area (Å²) in [5.74, 6) is 0.261. The Morgan fingerprint density at radius 3 is 2.32 bits per heavy atom. The van der Waals surface area contributed by atoms with E-state index >= 15 is 0 Å². The third kappa shape index (κ3) is 3.67. The lowest BCUT2D eigenvalue weighted by Crippen LogP contribution is -2.21. The van der Waals surface area contributed by atoms with Gasteiger partial charge in [0.2, 0.25) is 0 Å². The Balaban J connectivity index is 2.22. The lowest BCUT2D eigenvalue weighted by molar-refractivity contribution is 0.474. The molecule has 3 heteroatoms. The largest absolute Gasteiger partial charge is 0.507 e. The summed E-state index contributed by atoms with van der Waals surface area (Å²) in [4.78, 5) is 6.65. The van der Waals surface area contributed by atoms with E-state index in [2.05, 4.69) is 43.7 Å². The van der Waals surface area contributed by atoms with E-state index < -0.39 is 0 Å². The highest BCUT2D eigenvalue weighted by molar-refractivity contribution is 5.86. The SMILES string of the molecule is CCN(CC)c1ccc(C=Nc2ccc(C)c(C)c2)c(O)c1. The summed E-state index contributed by atoms with van der Waals surface area (Å²) in [7, 11) is 0. The van der Waals surface area contributed by atoms with E-state index in [9.17, 15) is 5.11 Å². The van der Waals surface area contributed by atoms with Crippen LogP contribution in [-0.2, 0) is 0 Å². The van der Waals surface area contributed by atoms with E-state index in [4.69, 9.17) is 0 Å².